The standard InChI is InChI=1S/C20H18Cl3N3O2/c1-12-6-5-7-16(17(12)23)19(28)25(11-24)26(20(2,3)4)18(27)13-8-14(21)10-15(22)9-13/h5-10H,1-4H3. The van der Waals surface area contributed by atoms with E-state index in [1.165, 1.54) is 24.3 Å². The van der Waals surface area contributed by atoms with Crippen LogP contribution in [-0.2, 0) is 0 Å². The number of benzene rings is 2. The lowest BCUT2D eigenvalue weighted by molar-refractivity contribution is -0.0167. The molecule has 0 aromatic heterocycles. The molecule has 5 nitrogen and oxygen atoms in total. The minimum absolute atomic E-state index is 0.120. The lowest BCUT2D eigenvalue weighted by Gasteiger charge is -2.39. The fraction of sp³-hybridized carbons (Fsp3) is 0.250. The van der Waals surface area contributed by atoms with Crippen LogP contribution in [0.3, 0.4) is 0 Å². The van der Waals surface area contributed by atoms with E-state index in [-0.39, 0.29) is 26.2 Å². The van der Waals surface area contributed by atoms with E-state index in [0.29, 0.717) is 10.6 Å². The molecule has 2 amide bonds. The fourth-order valence-corrected chi connectivity index (χ4v) is 3.34. The first-order chi connectivity index (χ1) is 13.0. The number of carbonyl (C=O) groups is 2. The molecule has 0 unspecified atom stereocenters. The van der Waals surface area contributed by atoms with Crippen LogP contribution < -0.4 is 0 Å². The molecule has 0 aliphatic carbocycles. The minimum atomic E-state index is -0.909. The van der Waals surface area contributed by atoms with Crippen molar-refractivity contribution in [2.45, 2.75) is 33.2 Å². The molecule has 28 heavy (non-hydrogen) atoms. The SMILES string of the molecule is Cc1cccc(C(=O)N(C#N)N(C(=O)c2cc(Cl)cc(Cl)c2)C(C)(C)C)c1Cl. The van der Waals surface area contributed by atoms with Gasteiger partial charge in [-0.1, -0.05) is 46.9 Å². The van der Waals surface area contributed by atoms with Gasteiger partial charge in [0.1, 0.15) is 0 Å². The predicted molar refractivity (Wildman–Crippen MR) is 110 cm³/mol. The molecule has 0 saturated heterocycles. The first-order valence-corrected chi connectivity index (χ1v) is 9.40. The van der Waals surface area contributed by atoms with Crippen LogP contribution in [0.25, 0.3) is 0 Å². The van der Waals surface area contributed by atoms with Crippen LogP contribution in [0.1, 0.15) is 47.1 Å². The average molecular weight is 439 g/mol. The minimum Gasteiger partial charge on any atom is -0.267 e. The number of hydrogen-bond donors (Lipinski definition) is 0. The number of halogens is 3. The fourth-order valence-electron chi connectivity index (χ4n) is 2.60. The molecule has 0 N–H and O–H groups in total. The number of rotatable bonds is 2. The highest BCUT2D eigenvalue weighted by Gasteiger charge is 2.37. The second-order valence-corrected chi connectivity index (χ2v) is 8.35. The van der Waals surface area contributed by atoms with Gasteiger partial charge in [0.15, 0.2) is 0 Å². The van der Waals surface area contributed by atoms with Gasteiger partial charge < -0.3 is 0 Å². The van der Waals surface area contributed by atoms with Gasteiger partial charge in [-0.05, 0) is 57.5 Å². The van der Waals surface area contributed by atoms with Gasteiger partial charge in [-0.2, -0.15) is 5.26 Å². The zero-order valence-corrected chi connectivity index (χ0v) is 18.0. The van der Waals surface area contributed by atoms with E-state index < -0.39 is 17.4 Å². The summed E-state index contributed by atoms with van der Waals surface area (Å²) in [6.45, 7) is 6.85. The van der Waals surface area contributed by atoms with E-state index in [9.17, 15) is 14.9 Å². The maximum Gasteiger partial charge on any atom is 0.287 e. The third kappa shape index (κ3) is 4.59. The Morgan fingerprint density at radius 1 is 1.00 bits per heavy atom. The van der Waals surface area contributed by atoms with Crippen LogP contribution >= 0.6 is 34.8 Å². The molecule has 0 aliphatic rings. The van der Waals surface area contributed by atoms with Crippen molar-refractivity contribution in [3.05, 3.63) is 68.2 Å². The Labute approximate surface area is 179 Å². The highest BCUT2D eigenvalue weighted by Crippen LogP contribution is 2.27. The van der Waals surface area contributed by atoms with Crippen molar-refractivity contribution in [2.24, 2.45) is 0 Å². The van der Waals surface area contributed by atoms with E-state index >= 15 is 0 Å². The lowest BCUT2D eigenvalue weighted by atomic mass is 10.1. The van der Waals surface area contributed by atoms with E-state index in [2.05, 4.69) is 0 Å². The predicted octanol–water partition coefficient (Wildman–Crippen LogP) is 5.73. The summed E-state index contributed by atoms with van der Waals surface area (Å²) in [6, 6.07) is 9.24. The summed E-state index contributed by atoms with van der Waals surface area (Å²) in [5.41, 5.74) is 0.0407. The molecule has 0 heterocycles. The van der Waals surface area contributed by atoms with Gasteiger partial charge in [-0.15, -0.1) is 5.01 Å². The molecule has 0 aliphatic heterocycles. The highest BCUT2D eigenvalue weighted by molar-refractivity contribution is 6.35. The maximum absolute atomic E-state index is 13.2. The van der Waals surface area contributed by atoms with E-state index in [1.807, 2.05) is 0 Å². The van der Waals surface area contributed by atoms with Crippen molar-refractivity contribution in [1.82, 2.24) is 10.0 Å². The van der Waals surface area contributed by atoms with Gasteiger partial charge in [0.05, 0.1) is 16.1 Å². The lowest BCUT2D eigenvalue weighted by Crippen LogP contribution is -2.56. The van der Waals surface area contributed by atoms with Gasteiger partial charge in [0.2, 0.25) is 6.19 Å². The second kappa shape index (κ2) is 8.40. The van der Waals surface area contributed by atoms with Crippen molar-refractivity contribution in [3.8, 4) is 6.19 Å². The summed E-state index contributed by atoms with van der Waals surface area (Å²) in [7, 11) is 0. The summed E-state index contributed by atoms with van der Waals surface area (Å²) in [4.78, 5) is 26.3. The maximum atomic E-state index is 13.2. The summed E-state index contributed by atoms with van der Waals surface area (Å²) in [5.74, 6) is -1.32. The smallest absolute Gasteiger partial charge is 0.267 e. The van der Waals surface area contributed by atoms with Gasteiger partial charge in [-0.3, -0.25) is 9.59 Å². The zero-order chi connectivity index (χ0) is 21.2. The summed E-state index contributed by atoms with van der Waals surface area (Å²) in [6.07, 6.45) is 1.80. The third-order valence-electron chi connectivity index (χ3n) is 3.85. The Bertz CT molecular complexity index is 957. The number of amides is 2. The largest absolute Gasteiger partial charge is 0.287 e. The number of carbonyl (C=O) groups excluding carboxylic acids is 2. The van der Waals surface area contributed by atoms with Crippen molar-refractivity contribution < 1.29 is 9.59 Å². The number of nitriles is 1. The number of hydrazine groups is 1. The molecule has 0 atom stereocenters. The molecule has 0 saturated carbocycles. The van der Waals surface area contributed by atoms with E-state index in [4.69, 9.17) is 34.8 Å². The summed E-state index contributed by atoms with van der Waals surface area (Å²) in [5, 5.41) is 12.2. The number of aryl methyl sites for hydroxylation is 1. The Morgan fingerprint density at radius 2 is 1.57 bits per heavy atom. The molecule has 8 heteroatoms. The van der Waals surface area contributed by atoms with Crippen molar-refractivity contribution in [3.63, 3.8) is 0 Å². The Hall–Kier alpha value is -2.26. The second-order valence-electron chi connectivity index (χ2n) is 7.10. The van der Waals surface area contributed by atoms with Gasteiger partial charge in [0, 0.05) is 15.6 Å². The van der Waals surface area contributed by atoms with Crippen LogP contribution in [0, 0.1) is 18.4 Å². The van der Waals surface area contributed by atoms with Gasteiger partial charge in [0.25, 0.3) is 11.8 Å². The topological polar surface area (TPSA) is 64.4 Å². The Kier molecular flexibility index (Phi) is 6.61. The summed E-state index contributed by atoms with van der Waals surface area (Å²) >= 11 is 18.3. The van der Waals surface area contributed by atoms with Crippen LogP contribution in [0.15, 0.2) is 36.4 Å². The van der Waals surface area contributed by atoms with Crippen molar-refractivity contribution >= 4 is 46.6 Å². The van der Waals surface area contributed by atoms with Crippen LogP contribution in [0.2, 0.25) is 15.1 Å². The number of nitrogens with zero attached hydrogens (tertiary/aromatic N) is 3. The molecule has 0 radical (unpaired) electrons. The monoisotopic (exact) mass is 437 g/mol. The van der Waals surface area contributed by atoms with E-state index in [1.54, 1.807) is 46.0 Å². The molecule has 0 fully saturated rings. The molecule has 2 aromatic carbocycles. The molecule has 2 rings (SSSR count). The number of hydrogen-bond acceptors (Lipinski definition) is 3. The van der Waals surface area contributed by atoms with E-state index in [0.717, 1.165) is 5.01 Å². The average Bonchev–Trinajstić information content (AvgIpc) is 2.59. The molecule has 0 spiro atoms. The Balaban J connectivity index is 2.57. The first kappa shape index (κ1) is 22.0. The van der Waals surface area contributed by atoms with Crippen LogP contribution in [0.4, 0.5) is 0 Å². The van der Waals surface area contributed by atoms with Crippen LogP contribution in [0.5, 0.6) is 0 Å². The molecule has 146 valence electrons. The highest BCUT2D eigenvalue weighted by atomic mass is 35.5. The molecule has 0 bridgehead atoms. The quantitative estimate of drug-likeness (QED) is 0.341. The molecular formula is C20H18Cl3N3O2. The normalized spacial score (nSPS) is 10.9. The third-order valence-corrected chi connectivity index (χ3v) is 4.78. The molecular weight excluding hydrogens is 421 g/mol. The van der Waals surface area contributed by atoms with Gasteiger partial charge >= 0.3 is 0 Å². The summed E-state index contributed by atoms with van der Waals surface area (Å²) < 4.78 is 0. The van der Waals surface area contributed by atoms with Gasteiger partial charge in [-0.25, -0.2) is 5.01 Å². The van der Waals surface area contributed by atoms with Crippen LogP contribution in [-0.4, -0.2) is 27.4 Å². The van der Waals surface area contributed by atoms with Crippen molar-refractivity contribution in [2.75, 3.05) is 0 Å². The zero-order valence-electron chi connectivity index (χ0n) is 15.8. The van der Waals surface area contributed by atoms with Crippen molar-refractivity contribution in [1.29, 1.82) is 5.26 Å². The molecule has 2 aromatic rings. The first-order valence-electron chi connectivity index (χ1n) is 8.27. The Morgan fingerprint density at radius 3 is 2.07 bits per heavy atom.